The molecule has 0 radical (unpaired) electrons. The first kappa shape index (κ1) is 79.0. The molecule has 0 aromatic carbocycles. The average Bonchev–Trinajstić information content (AvgIpc) is 0.996. The largest absolute Gasteiger partial charge is 0.379 e. The van der Waals surface area contributed by atoms with Crippen LogP contribution in [0.3, 0.4) is 0 Å². The Kier molecular flexibility index (Phi) is 24.7. The predicted molar refractivity (Wildman–Crippen MR) is 449 cm³/mol. The molecule has 5 aliphatic rings. The van der Waals surface area contributed by atoms with Crippen LogP contribution in [0, 0.1) is 44.9 Å². The van der Waals surface area contributed by atoms with E-state index in [1.807, 2.05) is 135 Å². The van der Waals surface area contributed by atoms with Crippen molar-refractivity contribution in [1.29, 1.82) is 0 Å². The lowest BCUT2D eigenvalue weighted by molar-refractivity contribution is 0.0191. The fraction of sp³-hybridized carbons (Fsp3) is 0.409. The summed E-state index contributed by atoms with van der Waals surface area (Å²) in [4.78, 5) is 66.7. The molecular formula is C88H106N20O6. The van der Waals surface area contributed by atoms with Gasteiger partial charge in [-0.2, -0.15) is 20.4 Å². The molecule has 2 atom stereocenters. The standard InChI is InChI=1S/C24H29N5O.C22H27N5O2.C22H27N5O.C20H23N5O2/c1-3-11-28-16-20(5-8-23(28)30)29-15-18(14-25-29)21-6-7-22(26-17(21)2)27-19-12-24(13-19)9-4-10-24;1-15(2)11-26-13-19(4-5-22(26)28)27-12-17(9-24-27)20-10-23-21(8-16(20)3)25-18-6-7-29-14-18;1-4-11-26-14-19(7-10-22(26)28)27-13-18(12-23-27)20-8-9-21(25-16(20)3)24-15(2)17-5-6-17;1-3-8-24-11-17(4-7-20(24)26)25-10-15(9-21-25)18-5-6-19(22-14(18)2)23-16-12-27-13-16/h5-8,14-16,19H,3-4,9-13H2,1-2H3,(H,26,27);4-5,8-10,12-13,15,18H,6-7,11,14H2,1-3H3,(H,23,25);7-10,12-15,17H,4-6,11H2,1-3H3,(H,24,25);4-7,9-11,16H,3,8,12-13H2,1-2H3,(H,22,23). The molecule has 26 nitrogen and oxygen atoms in total. The van der Waals surface area contributed by atoms with Gasteiger partial charge in [-0.15, -0.1) is 0 Å². The monoisotopic (exact) mass is 1540 g/mol. The molecule has 3 aliphatic carbocycles. The first-order chi connectivity index (χ1) is 55.2. The van der Waals surface area contributed by atoms with Gasteiger partial charge in [-0.05, 0) is 188 Å². The molecule has 4 N–H and O–H groups in total. The third-order valence-electron chi connectivity index (χ3n) is 21.9. The maximum absolute atomic E-state index is 12.1. The van der Waals surface area contributed by atoms with E-state index in [9.17, 15) is 19.2 Å². The smallest absolute Gasteiger partial charge is 0.250 e. The Morgan fingerprint density at radius 1 is 0.439 bits per heavy atom. The Balaban J connectivity index is 0.000000126. The minimum atomic E-state index is 0.00521. The number of rotatable bonds is 25. The van der Waals surface area contributed by atoms with Gasteiger partial charge in [0.05, 0.1) is 79.4 Å². The van der Waals surface area contributed by atoms with Gasteiger partial charge in [-0.3, -0.25) is 19.2 Å². The number of nitrogens with one attached hydrogen (secondary N) is 4. The highest BCUT2D eigenvalue weighted by atomic mass is 16.5. The van der Waals surface area contributed by atoms with Crippen molar-refractivity contribution < 1.29 is 9.47 Å². The lowest BCUT2D eigenvalue weighted by Crippen LogP contribution is -2.49. The summed E-state index contributed by atoms with van der Waals surface area (Å²) >= 11 is 0. The number of hydrogen-bond donors (Lipinski definition) is 4. The lowest BCUT2D eigenvalue weighted by Gasteiger charge is -2.54. The number of pyridine rings is 8. The Morgan fingerprint density at radius 3 is 1.22 bits per heavy atom. The number of hydrogen-bond acceptors (Lipinski definition) is 18. The number of nitrogens with zero attached hydrogens (tertiary/aromatic N) is 16. The molecule has 594 valence electrons. The SMILES string of the molecule is CCCn1cc(-n2cc(-c3ccc(NC(C)C4CC4)nc3C)cn2)ccc1=O.CCCn1cc(-n2cc(-c3ccc(NC4CC5(CCC5)C4)nc3C)cn2)ccc1=O.CCCn1cc(-n2cc(-c3ccc(NC4COC4)nc3C)cn2)ccc1=O.Cc1cc(NC2CCOC2)ncc1-c1cnn(-c2ccc(=O)n(CC(C)C)c2)c1. The second-order valence-corrected chi connectivity index (χ2v) is 31.6. The Hall–Kier alpha value is -11.6. The highest BCUT2D eigenvalue weighted by molar-refractivity contribution is 5.70. The van der Waals surface area contributed by atoms with Gasteiger partial charge in [0, 0.05) is 186 Å². The second kappa shape index (κ2) is 35.6. The second-order valence-electron chi connectivity index (χ2n) is 31.6. The van der Waals surface area contributed by atoms with Gasteiger partial charge in [0.1, 0.15) is 23.3 Å². The normalized spacial score (nSPS) is 15.8. The molecule has 0 amide bonds. The number of anilines is 4. The van der Waals surface area contributed by atoms with Gasteiger partial charge in [-0.1, -0.05) is 41.0 Å². The predicted octanol–water partition coefficient (Wildman–Crippen LogP) is 14.5. The van der Waals surface area contributed by atoms with E-state index in [1.54, 1.807) is 64.0 Å². The van der Waals surface area contributed by atoms with Crippen molar-refractivity contribution in [1.82, 2.24) is 77.3 Å². The van der Waals surface area contributed by atoms with Crippen LogP contribution >= 0.6 is 0 Å². The van der Waals surface area contributed by atoms with Crippen molar-refractivity contribution >= 4 is 23.3 Å². The number of ether oxygens (including phenoxy) is 2. The summed E-state index contributed by atoms with van der Waals surface area (Å²) in [5.41, 5.74) is 16.5. The number of aromatic nitrogens is 16. The van der Waals surface area contributed by atoms with Crippen molar-refractivity contribution in [3.63, 3.8) is 0 Å². The van der Waals surface area contributed by atoms with Gasteiger partial charge in [0.15, 0.2) is 0 Å². The summed E-state index contributed by atoms with van der Waals surface area (Å²) in [7, 11) is 0. The van der Waals surface area contributed by atoms with Crippen LogP contribution in [0.4, 0.5) is 23.3 Å². The van der Waals surface area contributed by atoms with Crippen molar-refractivity contribution in [2.75, 3.05) is 47.7 Å². The summed E-state index contributed by atoms with van der Waals surface area (Å²) in [5, 5.41) is 31.9. The molecule has 3 saturated carbocycles. The fourth-order valence-electron chi connectivity index (χ4n) is 15.3. The molecule has 1 spiro atoms. The summed E-state index contributed by atoms with van der Waals surface area (Å²) < 4.78 is 24.7. The first-order valence-electron chi connectivity index (χ1n) is 40.4. The van der Waals surface area contributed by atoms with Crippen molar-refractivity contribution in [2.24, 2.45) is 17.3 Å². The molecule has 2 aliphatic heterocycles. The zero-order valence-electron chi connectivity index (χ0n) is 67.2. The third-order valence-corrected chi connectivity index (χ3v) is 21.9. The van der Waals surface area contributed by atoms with Crippen LogP contribution in [0.15, 0.2) is 191 Å². The van der Waals surface area contributed by atoms with E-state index in [4.69, 9.17) is 19.4 Å². The van der Waals surface area contributed by atoms with Crippen LogP contribution in [-0.2, 0) is 35.7 Å². The minimum absolute atomic E-state index is 0.00521. The van der Waals surface area contributed by atoms with Crippen LogP contribution < -0.4 is 43.5 Å². The molecule has 114 heavy (non-hydrogen) atoms. The number of aryl methyl sites for hydroxylation is 7. The van der Waals surface area contributed by atoms with Crippen LogP contribution in [0.5, 0.6) is 0 Å². The van der Waals surface area contributed by atoms with Crippen molar-refractivity contribution in [3.8, 4) is 67.3 Å². The van der Waals surface area contributed by atoms with E-state index in [0.717, 1.165) is 171 Å². The van der Waals surface area contributed by atoms with Gasteiger partial charge in [0.25, 0.3) is 22.2 Å². The Labute approximate surface area is 664 Å². The third kappa shape index (κ3) is 19.2. The Bertz CT molecular complexity index is 5560. The van der Waals surface area contributed by atoms with Crippen LogP contribution in [0.1, 0.15) is 135 Å². The molecular weight excluding hydrogens is 1430 g/mol. The van der Waals surface area contributed by atoms with Crippen molar-refractivity contribution in [3.05, 3.63) is 236 Å². The maximum atomic E-state index is 12.1. The zero-order valence-corrected chi connectivity index (χ0v) is 67.2. The molecule has 17 rings (SSSR count). The summed E-state index contributed by atoms with van der Waals surface area (Å²) in [6.45, 7) is 26.5. The summed E-state index contributed by atoms with van der Waals surface area (Å²) in [6, 6.07) is 29.8. The summed E-state index contributed by atoms with van der Waals surface area (Å²) in [5.74, 6) is 4.82. The van der Waals surface area contributed by atoms with Crippen LogP contribution in [0.2, 0.25) is 0 Å². The van der Waals surface area contributed by atoms with Gasteiger partial charge in [0.2, 0.25) is 0 Å². The maximum Gasteiger partial charge on any atom is 0.250 e. The topological polar surface area (TPSA) is 277 Å². The molecule has 12 aromatic rings. The molecule has 12 aromatic heterocycles. The molecule has 26 heteroatoms. The van der Waals surface area contributed by atoms with Crippen LogP contribution in [0.25, 0.3) is 67.3 Å². The quantitative estimate of drug-likeness (QED) is 0.0414. The highest BCUT2D eigenvalue weighted by Gasteiger charge is 2.48. The summed E-state index contributed by atoms with van der Waals surface area (Å²) in [6.07, 6.45) is 37.8. The van der Waals surface area contributed by atoms with E-state index in [2.05, 4.69) is 130 Å². The van der Waals surface area contributed by atoms with Gasteiger partial charge < -0.3 is 49.0 Å². The molecule has 0 bridgehead atoms. The van der Waals surface area contributed by atoms with E-state index in [1.165, 1.54) is 44.9 Å². The van der Waals surface area contributed by atoms with Crippen LogP contribution in [-0.4, -0.2) is 128 Å². The van der Waals surface area contributed by atoms with Gasteiger partial charge >= 0.3 is 0 Å². The molecule has 5 fully saturated rings. The fourth-order valence-corrected chi connectivity index (χ4v) is 15.3. The molecule has 2 saturated heterocycles. The first-order valence-corrected chi connectivity index (χ1v) is 40.4. The van der Waals surface area contributed by atoms with E-state index in [-0.39, 0.29) is 22.2 Å². The van der Waals surface area contributed by atoms with E-state index in [0.29, 0.717) is 61.7 Å². The molecule has 14 heterocycles. The minimum Gasteiger partial charge on any atom is -0.379 e. The van der Waals surface area contributed by atoms with E-state index >= 15 is 0 Å². The Morgan fingerprint density at radius 2 is 0.842 bits per heavy atom. The van der Waals surface area contributed by atoms with Crippen molar-refractivity contribution in [2.45, 2.75) is 190 Å². The highest BCUT2D eigenvalue weighted by Crippen LogP contribution is 2.56. The van der Waals surface area contributed by atoms with E-state index < -0.39 is 0 Å². The lowest BCUT2D eigenvalue weighted by atomic mass is 9.54. The zero-order chi connectivity index (χ0) is 79.6. The average molecular weight is 1540 g/mol. The van der Waals surface area contributed by atoms with Gasteiger partial charge in [-0.25, -0.2) is 38.7 Å². The molecule has 2 unspecified atom stereocenters.